The molecule has 0 fully saturated rings. The number of carbonyl (C=O) groups excluding carboxylic acids is 3. The van der Waals surface area contributed by atoms with E-state index in [2.05, 4.69) is 10.6 Å². The van der Waals surface area contributed by atoms with Crippen molar-refractivity contribution < 1.29 is 19.1 Å². The number of hydrogen-bond acceptors (Lipinski definition) is 4. The van der Waals surface area contributed by atoms with E-state index in [0.29, 0.717) is 11.3 Å². The van der Waals surface area contributed by atoms with E-state index in [1.807, 2.05) is 58.0 Å². The summed E-state index contributed by atoms with van der Waals surface area (Å²) in [4.78, 5) is 36.7. The molecule has 29 heavy (non-hydrogen) atoms. The van der Waals surface area contributed by atoms with Crippen LogP contribution in [0.5, 0.6) is 0 Å². The maximum absolute atomic E-state index is 12.7. The fourth-order valence-electron chi connectivity index (χ4n) is 2.71. The van der Waals surface area contributed by atoms with Gasteiger partial charge in [0.25, 0.3) is 11.8 Å². The van der Waals surface area contributed by atoms with Gasteiger partial charge >= 0.3 is 5.97 Å². The van der Waals surface area contributed by atoms with Gasteiger partial charge in [-0.25, -0.2) is 0 Å². The molecule has 2 amide bonds. The highest BCUT2D eigenvalue weighted by molar-refractivity contribution is 6.04. The molecular weight excluding hydrogens is 368 g/mol. The first-order chi connectivity index (χ1) is 13.7. The molecule has 0 bridgehead atoms. The Hall–Kier alpha value is -3.15. The Balaban J connectivity index is 1.98. The summed E-state index contributed by atoms with van der Waals surface area (Å²) in [5.41, 5.74) is 1.47. The van der Waals surface area contributed by atoms with Crippen molar-refractivity contribution in [2.24, 2.45) is 5.41 Å². The zero-order valence-electron chi connectivity index (χ0n) is 17.3. The van der Waals surface area contributed by atoms with Crippen LogP contribution >= 0.6 is 0 Å². The Bertz CT molecular complexity index is 857. The van der Waals surface area contributed by atoms with Crippen molar-refractivity contribution in [2.75, 3.05) is 11.9 Å². The van der Waals surface area contributed by atoms with E-state index >= 15 is 0 Å². The summed E-state index contributed by atoms with van der Waals surface area (Å²) in [6.45, 7) is 7.24. The minimum Gasteiger partial charge on any atom is -0.456 e. The van der Waals surface area contributed by atoms with Crippen LogP contribution in [0.4, 0.5) is 5.69 Å². The second-order valence-electron chi connectivity index (χ2n) is 8.10. The molecule has 0 saturated carbocycles. The van der Waals surface area contributed by atoms with Crippen LogP contribution in [0.15, 0.2) is 54.6 Å². The van der Waals surface area contributed by atoms with Gasteiger partial charge < -0.3 is 15.4 Å². The maximum Gasteiger partial charge on any atom is 0.306 e. The van der Waals surface area contributed by atoms with Crippen molar-refractivity contribution in [1.82, 2.24) is 5.32 Å². The van der Waals surface area contributed by atoms with E-state index in [-0.39, 0.29) is 23.8 Å². The molecule has 2 rings (SSSR count). The summed E-state index contributed by atoms with van der Waals surface area (Å²) in [5, 5.41) is 5.57. The molecule has 0 spiro atoms. The molecule has 154 valence electrons. The largest absolute Gasteiger partial charge is 0.456 e. The molecular formula is C23H28N2O4. The first-order valence-electron chi connectivity index (χ1n) is 9.56. The minimum atomic E-state index is -0.497. The molecule has 0 aliphatic carbocycles. The van der Waals surface area contributed by atoms with Gasteiger partial charge in [-0.1, -0.05) is 63.2 Å². The van der Waals surface area contributed by atoms with Gasteiger partial charge in [0.1, 0.15) is 0 Å². The van der Waals surface area contributed by atoms with E-state index in [1.165, 1.54) is 0 Å². The van der Waals surface area contributed by atoms with Crippen LogP contribution in [0, 0.1) is 5.41 Å². The Kier molecular flexibility index (Phi) is 7.53. The normalized spacial score (nSPS) is 12.0. The van der Waals surface area contributed by atoms with Crippen LogP contribution < -0.4 is 10.6 Å². The highest BCUT2D eigenvalue weighted by atomic mass is 16.5. The lowest BCUT2D eigenvalue weighted by molar-refractivity contribution is -0.149. The van der Waals surface area contributed by atoms with E-state index < -0.39 is 18.5 Å². The van der Waals surface area contributed by atoms with Gasteiger partial charge in [-0.3, -0.25) is 14.4 Å². The molecule has 2 aromatic carbocycles. The van der Waals surface area contributed by atoms with Crippen LogP contribution in [0.3, 0.4) is 0 Å². The lowest BCUT2D eigenvalue weighted by Gasteiger charge is -2.17. The summed E-state index contributed by atoms with van der Waals surface area (Å²) in [6.07, 6.45) is 0.219. The van der Waals surface area contributed by atoms with Crippen LogP contribution in [0.25, 0.3) is 0 Å². The quantitative estimate of drug-likeness (QED) is 0.690. The summed E-state index contributed by atoms with van der Waals surface area (Å²) in [5.74, 6) is -1.24. The van der Waals surface area contributed by atoms with Gasteiger partial charge in [-0.05, 0) is 30.0 Å². The zero-order valence-corrected chi connectivity index (χ0v) is 17.3. The highest BCUT2D eigenvalue weighted by Gasteiger charge is 2.19. The standard InChI is InChI=1S/C23H28N2O4/c1-16(17-10-6-5-7-11-17)24-22(28)18-12-8-9-13-19(18)25-20(26)15-29-21(27)14-23(2,3)4/h5-13,16H,14-15H2,1-4H3,(H,24,28)(H,25,26). The SMILES string of the molecule is CC(NC(=O)c1ccccc1NC(=O)COC(=O)CC(C)(C)C)c1ccccc1. The second-order valence-corrected chi connectivity index (χ2v) is 8.10. The van der Waals surface area contributed by atoms with Crippen molar-refractivity contribution in [3.8, 4) is 0 Å². The maximum atomic E-state index is 12.7. The van der Waals surface area contributed by atoms with Crippen LogP contribution in [0.1, 0.15) is 56.1 Å². The van der Waals surface area contributed by atoms with E-state index in [9.17, 15) is 14.4 Å². The predicted molar refractivity (Wildman–Crippen MR) is 112 cm³/mol. The summed E-state index contributed by atoms with van der Waals surface area (Å²) in [6, 6.07) is 16.1. The van der Waals surface area contributed by atoms with Gasteiger partial charge in [-0.2, -0.15) is 0 Å². The van der Waals surface area contributed by atoms with E-state index in [0.717, 1.165) is 5.56 Å². The van der Waals surface area contributed by atoms with Gasteiger partial charge in [0.2, 0.25) is 0 Å². The molecule has 2 N–H and O–H groups in total. The van der Waals surface area contributed by atoms with Crippen molar-refractivity contribution >= 4 is 23.5 Å². The molecule has 0 saturated heterocycles. The van der Waals surface area contributed by atoms with Crippen molar-refractivity contribution in [3.05, 3.63) is 65.7 Å². The third-order valence-electron chi connectivity index (χ3n) is 4.13. The number of esters is 1. The lowest BCUT2D eigenvalue weighted by Crippen LogP contribution is -2.28. The number of ether oxygens (including phenoxy) is 1. The third kappa shape index (κ3) is 7.41. The lowest BCUT2D eigenvalue weighted by atomic mass is 9.92. The van der Waals surface area contributed by atoms with Crippen LogP contribution in [-0.2, 0) is 14.3 Å². The van der Waals surface area contributed by atoms with Gasteiger partial charge in [0.15, 0.2) is 6.61 Å². The summed E-state index contributed by atoms with van der Waals surface area (Å²) < 4.78 is 5.02. The molecule has 0 aromatic heterocycles. The van der Waals surface area contributed by atoms with Crippen LogP contribution in [0.2, 0.25) is 0 Å². The fraction of sp³-hybridized carbons (Fsp3) is 0.348. The Labute approximate surface area is 171 Å². The molecule has 2 aromatic rings. The van der Waals surface area contributed by atoms with E-state index in [4.69, 9.17) is 4.74 Å². The molecule has 0 aliphatic heterocycles. The Morgan fingerprint density at radius 2 is 1.59 bits per heavy atom. The molecule has 1 unspecified atom stereocenters. The molecule has 6 heteroatoms. The number of rotatable bonds is 7. The first kappa shape index (κ1) is 22.1. The van der Waals surface area contributed by atoms with Crippen molar-refractivity contribution in [3.63, 3.8) is 0 Å². The second kappa shape index (κ2) is 9.87. The predicted octanol–water partition coefficient (Wildman–Crippen LogP) is 4.10. The van der Waals surface area contributed by atoms with Gasteiger partial charge in [0.05, 0.1) is 23.7 Å². The number of amides is 2. The number of anilines is 1. The Morgan fingerprint density at radius 3 is 2.24 bits per heavy atom. The van der Waals surface area contributed by atoms with Gasteiger partial charge in [0, 0.05) is 0 Å². The van der Waals surface area contributed by atoms with Crippen LogP contribution in [-0.4, -0.2) is 24.4 Å². The summed E-state index contributed by atoms with van der Waals surface area (Å²) >= 11 is 0. The fourth-order valence-corrected chi connectivity index (χ4v) is 2.71. The number of nitrogens with one attached hydrogen (secondary N) is 2. The zero-order chi connectivity index (χ0) is 21.4. The first-order valence-corrected chi connectivity index (χ1v) is 9.56. The summed E-state index contributed by atoms with van der Waals surface area (Å²) in [7, 11) is 0. The van der Waals surface area contributed by atoms with Gasteiger partial charge in [-0.15, -0.1) is 0 Å². The molecule has 0 aliphatic rings. The molecule has 1 atom stereocenters. The number of carbonyl (C=O) groups is 3. The molecule has 0 heterocycles. The molecule has 6 nitrogen and oxygen atoms in total. The topological polar surface area (TPSA) is 84.5 Å². The Morgan fingerprint density at radius 1 is 0.966 bits per heavy atom. The average Bonchev–Trinajstić information content (AvgIpc) is 2.66. The highest BCUT2D eigenvalue weighted by Crippen LogP contribution is 2.20. The number of para-hydroxylation sites is 1. The average molecular weight is 396 g/mol. The molecule has 0 radical (unpaired) electrons. The number of benzene rings is 2. The van der Waals surface area contributed by atoms with Crippen molar-refractivity contribution in [2.45, 2.75) is 40.2 Å². The van der Waals surface area contributed by atoms with E-state index in [1.54, 1.807) is 24.3 Å². The minimum absolute atomic E-state index is 0.189. The number of hydrogen-bond donors (Lipinski definition) is 2. The monoisotopic (exact) mass is 396 g/mol. The smallest absolute Gasteiger partial charge is 0.306 e. The third-order valence-corrected chi connectivity index (χ3v) is 4.13. The van der Waals surface area contributed by atoms with Crippen molar-refractivity contribution in [1.29, 1.82) is 0 Å².